The molecule has 0 bridgehead atoms. The maximum Gasteiger partial charge on any atom is 0.161 e. The molecule has 2 aromatic carbocycles. The number of nitriles is 1. The lowest BCUT2D eigenvalue weighted by Crippen LogP contribution is -2.38. The van der Waals surface area contributed by atoms with Crippen LogP contribution in [0.15, 0.2) is 75.7 Å². The summed E-state index contributed by atoms with van der Waals surface area (Å²) in [5.41, 5.74) is 10.2. The van der Waals surface area contributed by atoms with Gasteiger partial charge >= 0.3 is 0 Å². The predicted octanol–water partition coefficient (Wildman–Crippen LogP) is 4.76. The second-order valence-electron chi connectivity index (χ2n) is 7.07. The van der Waals surface area contributed by atoms with Crippen LogP contribution in [0.1, 0.15) is 30.7 Å². The van der Waals surface area contributed by atoms with E-state index in [0.29, 0.717) is 23.4 Å². The molecule has 4 rings (SSSR count). The van der Waals surface area contributed by atoms with Gasteiger partial charge in [0, 0.05) is 27.9 Å². The summed E-state index contributed by atoms with van der Waals surface area (Å²) in [6.07, 6.45) is 2.00. The number of nitrogens with zero attached hydrogens (tertiary/aromatic N) is 2. The van der Waals surface area contributed by atoms with Gasteiger partial charge in [-0.15, -0.1) is 0 Å². The number of rotatable bonds is 3. The zero-order valence-electron chi connectivity index (χ0n) is 16.0. The van der Waals surface area contributed by atoms with E-state index in [4.69, 9.17) is 10.5 Å². The number of Topliss-reactive ketones (excluding diaryl/α,β-unsaturated/α-hetero) is 1. The number of ether oxygens (including phenoxy) is 1. The van der Waals surface area contributed by atoms with Gasteiger partial charge in [-0.3, -0.25) is 9.69 Å². The Kier molecular flexibility index (Phi) is 5.16. The molecular formula is C23H20BrN3O2. The summed E-state index contributed by atoms with van der Waals surface area (Å²) in [6, 6.07) is 17.5. The maximum atomic E-state index is 13.0. The van der Waals surface area contributed by atoms with Gasteiger partial charge < -0.3 is 10.5 Å². The van der Waals surface area contributed by atoms with Crippen molar-refractivity contribution >= 4 is 27.4 Å². The van der Waals surface area contributed by atoms with Crippen LogP contribution in [0, 0.1) is 11.3 Å². The van der Waals surface area contributed by atoms with E-state index in [-0.39, 0.29) is 5.78 Å². The lowest BCUT2D eigenvalue weighted by atomic mass is 9.75. The Hall–Kier alpha value is -3.04. The normalized spacial score (nSPS) is 19.1. The molecule has 6 heteroatoms. The van der Waals surface area contributed by atoms with E-state index in [9.17, 15) is 10.1 Å². The van der Waals surface area contributed by atoms with Crippen LogP contribution in [0.5, 0.6) is 5.75 Å². The number of methoxy groups -OCH3 is 1. The number of hydrogen-bond acceptors (Lipinski definition) is 5. The Balaban J connectivity index is 1.92. The highest BCUT2D eigenvalue weighted by molar-refractivity contribution is 9.10. The molecule has 0 amide bonds. The van der Waals surface area contributed by atoms with Gasteiger partial charge in [-0.25, -0.2) is 0 Å². The number of allylic oxidation sites excluding steroid dienone is 3. The smallest absolute Gasteiger partial charge is 0.161 e. The Bertz CT molecular complexity index is 1060. The van der Waals surface area contributed by atoms with Gasteiger partial charge in [-0.2, -0.15) is 5.26 Å². The number of hydrogen-bond donors (Lipinski definition) is 1. The summed E-state index contributed by atoms with van der Waals surface area (Å²) >= 11 is 3.45. The zero-order chi connectivity index (χ0) is 20.5. The number of anilines is 1. The van der Waals surface area contributed by atoms with Crippen molar-refractivity contribution in [3.8, 4) is 11.8 Å². The molecular weight excluding hydrogens is 430 g/mol. The highest BCUT2D eigenvalue weighted by Gasteiger charge is 2.40. The molecule has 2 aromatic rings. The molecule has 0 spiro atoms. The van der Waals surface area contributed by atoms with Gasteiger partial charge in [-0.05, 0) is 54.8 Å². The lowest BCUT2D eigenvalue weighted by molar-refractivity contribution is -0.116. The van der Waals surface area contributed by atoms with E-state index < -0.39 is 5.92 Å². The number of carbonyl (C=O) groups excluding carboxylic acids is 1. The SMILES string of the molecule is COc1ccc([C@H]2C(C#N)=C(N)N(c3ccc(Br)cc3)C3=C2C(=O)CCC3)cc1. The fraction of sp³-hybridized carbons (Fsp3) is 0.217. The summed E-state index contributed by atoms with van der Waals surface area (Å²) in [7, 11) is 1.61. The molecule has 0 unspecified atom stereocenters. The van der Waals surface area contributed by atoms with E-state index in [1.54, 1.807) is 7.11 Å². The van der Waals surface area contributed by atoms with Crippen molar-refractivity contribution in [2.75, 3.05) is 12.0 Å². The first-order valence-electron chi connectivity index (χ1n) is 9.40. The average Bonchev–Trinajstić information content (AvgIpc) is 2.74. The molecule has 0 radical (unpaired) electrons. The van der Waals surface area contributed by atoms with Crippen molar-refractivity contribution in [1.82, 2.24) is 0 Å². The molecule has 0 saturated heterocycles. The van der Waals surface area contributed by atoms with Gasteiger partial charge in [0.15, 0.2) is 5.78 Å². The summed E-state index contributed by atoms with van der Waals surface area (Å²) in [6.45, 7) is 0. The Labute approximate surface area is 178 Å². The van der Waals surface area contributed by atoms with Gasteiger partial charge in [0.1, 0.15) is 11.6 Å². The standard InChI is InChI=1S/C23H20BrN3O2/c1-29-17-11-5-14(6-12-17)21-18(13-25)23(26)27(16-9-7-15(24)8-10-16)19-3-2-4-20(28)22(19)21/h5-12,21H,2-4,26H2,1H3/t21-/m0/s1. The van der Waals surface area contributed by atoms with E-state index >= 15 is 0 Å². The van der Waals surface area contributed by atoms with Gasteiger partial charge in [0.05, 0.1) is 24.7 Å². The van der Waals surface area contributed by atoms with E-state index in [0.717, 1.165) is 40.0 Å². The van der Waals surface area contributed by atoms with Crippen LogP contribution < -0.4 is 15.4 Å². The minimum atomic E-state index is -0.458. The monoisotopic (exact) mass is 449 g/mol. The van der Waals surface area contributed by atoms with Crippen molar-refractivity contribution in [2.45, 2.75) is 25.2 Å². The molecule has 1 atom stereocenters. The third kappa shape index (κ3) is 3.32. The van der Waals surface area contributed by atoms with Crippen LogP contribution in [0.4, 0.5) is 5.69 Å². The van der Waals surface area contributed by atoms with Crippen molar-refractivity contribution in [2.24, 2.45) is 5.73 Å². The maximum absolute atomic E-state index is 13.0. The zero-order valence-corrected chi connectivity index (χ0v) is 17.6. The quantitative estimate of drug-likeness (QED) is 0.730. The molecule has 5 nitrogen and oxygen atoms in total. The third-order valence-electron chi connectivity index (χ3n) is 5.45. The first-order valence-corrected chi connectivity index (χ1v) is 10.2. The van der Waals surface area contributed by atoms with Crippen LogP contribution in [0.25, 0.3) is 0 Å². The fourth-order valence-electron chi connectivity index (χ4n) is 4.10. The minimum Gasteiger partial charge on any atom is -0.497 e. The summed E-state index contributed by atoms with van der Waals surface area (Å²) in [4.78, 5) is 14.9. The second-order valence-corrected chi connectivity index (χ2v) is 7.98. The Morgan fingerprint density at radius 3 is 2.45 bits per heavy atom. The number of carbonyl (C=O) groups is 1. The summed E-state index contributed by atoms with van der Waals surface area (Å²) in [5, 5.41) is 10.00. The van der Waals surface area contributed by atoms with Crippen molar-refractivity contribution in [3.63, 3.8) is 0 Å². The number of halogens is 1. The fourth-order valence-corrected chi connectivity index (χ4v) is 4.37. The van der Waals surface area contributed by atoms with Crippen molar-refractivity contribution in [3.05, 3.63) is 81.2 Å². The van der Waals surface area contributed by atoms with Crippen LogP contribution in [-0.4, -0.2) is 12.9 Å². The average molecular weight is 450 g/mol. The van der Waals surface area contributed by atoms with Crippen LogP contribution in [0.2, 0.25) is 0 Å². The number of ketones is 1. The van der Waals surface area contributed by atoms with Gasteiger partial charge in [-0.1, -0.05) is 28.1 Å². The molecule has 0 saturated carbocycles. The van der Waals surface area contributed by atoms with E-state index in [1.807, 2.05) is 53.4 Å². The van der Waals surface area contributed by atoms with Crippen molar-refractivity contribution in [1.29, 1.82) is 5.26 Å². The Morgan fingerprint density at radius 1 is 1.14 bits per heavy atom. The highest BCUT2D eigenvalue weighted by Crippen LogP contribution is 2.46. The number of benzene rings is 2. The van der Waals surface area contributed by atoms with Gasteiger partial charge in [0.2, 0.25) is 0 Å². The third-order valence-corrected chi connectivity index (χ3v) is 5.98. The molecule has 2 aliphatic rings. The van der Waals surface area contributed by atoms with E-state index in [1.165, 1.54) is 0 Å². The molecule has 29 heavy (non-hydrogen) atoms. The van der Waals surface area contributed by atoms with Crippen molar-refractivity contribution < 1.29 is 9.53 Å². The molecule has 1 heterocycles. The minimum absolute atomic E-state index is 0.0782. The summed E-state index contributed by atoms with van der Waals surface area (Å²) in [5.74, 6) is 0.722. The molecule has 0 fully saturated rings. The molecule has 2 N–H and O–H groups in total. The lowest BCUT2D eigenvalue weighted by Gasteiger charge is -2.39. The highest BCUT2D eigenvalue weighted by atomic mass is 79.9. The largest absolute Gasteiger partial charge is 0.497 e. The number of nitrogens with two attached hydrogens (primary N) is 1. The molecule has 146 valence electrons. The van der Waals surface area contributed by atoms with E-state index in [2.05, 4.69) is 22.0 Å². The predicted molar refractivity (Wildman–Crippen MR) is 115 cm³/mol. The van der Waals surface area contributed by atoms with Crippen LogP contribution >= 0.6 is 15.9 Å². The molecule has 1 aliphatic carbocycles. The second kappa shape index (κ2) is 7.76. The first-order chi connectivity index (χ1) is 14.0. The first kappa shape index (κ1) is 19.3. The Morgan fingerprint density at radius 2 is 1.83 bits per heavy atom. The van der Waals surface area contributed by atoms with Gasteiger partial charge in [0.25, 0.3) is 0 Å². The van der Waals surface area contributed by atoms with Crippen LogP contribution in [0.3, 0.4) is 0 Å². The molecule has 1 aliphatic heterocycles. The topological polar surface area (TPSA) is 79.3 Å². The molecule has 0 aromatic heterocycles. The van der Waals surface area contributed by atoms with Crippen LogP contribution in [-0.2, 0) is 4.79 Å². The summed E-state index contributed by atoms with van der Waals surface area (Å²) < 4.78 is 6.20.